The lowest BCUT2D eigenvalue weighted by Gasteiger charge is -2.31. The Morgan fingerprint density at radius 3 is 2.52 bits per heavy atom. The van der Waals surface area contributed by atoms with Gasteiger partial charge in [0.15, 0.2) is 0 Å². The average Bonchev–Trinajstić information content (AvgIpc) is 3.02. The third-order valence-corrected chi connectivity index (χ3v) is 5.10. The minimum absolute atomic E-state index is 0.0587. The summed E-state index contributed by atoms with van der Waals surface area (Å²) in [6, 6.07) is 16.6. The quantitative estimate of drug-likeness (QED) is 0.909. The number of hydrogen-bond acceptors (Lipinski definition) is 3. The number of ether oxygens (including phenoxy) is 1. The molecule has 0 fully saturated rings. The fourth-order valence-electron chi connectivity index (χ4n) is 3.69. The lowest BCUT2D eigenvalue weighted by Crippen LogP contribution is -2.45. The van der Waals surface area contributed by atoms with Gasteiger partial charge in [0, 0.05) is 19.2 Å². The third-order valence-electron chi connectivity index (χ3n) is 5.10. The van der Waals surface area contributed by atoms with E-state index in [-0.39, 0.29) is 11.9 Å². The molecular formula is C21H21N3O3. The SMILES string of the molecule is COc1ccccc1[C@@H]1NC(=O)N(C)C2=C1C(=O)N(Cc1ccccc1)C2. The van der Waals surface area contributed by atoms with Crippen LogP contribution in [-0.2, 0) is 11.3 Å². The molecule has 1 N–H and O–H groups in total. The number of nitrogens with one attached hydrogen (secondary N) is 1. The zero-order valence-electron chi connectivity index (χ0n) is 15.3. The second-order valence-electron chi connectivity index (χ2n) is 6.69. The number of amides is 3. The topological polar surface area (TPSA) is 61.9 Å². The Morgan fingerprint density at radius 2 is 1.78 bits per heavy atom. The number of nitrogens with zero attached hydrogens (tertiary/aromatic N) is 2. The first kappa shape index (κ1) is 17.1. The highest BCUT2D eigenvalue weighted by atomic mass is 16.5. The predicted molar refractivity (Wildman–Crippen MR) is 101 cm³/mol. The maximum absolute atomic E-state index is 13.2. The Morgan fingerprint density at radius 1 is 1.07 bits per heavy atom. The van der Waals surface area contributed by atoms with E-state index in [4.69, 9.17) is 4.74 Å². The number of hydrogen-bond donors (Lipinski definition) is 1. The lowest BCUT2D eigenvalue weighted by atomic mass is 9.95. The number of urea groups is 1. The van der Waals surface area contributed by atoms with Gasteiger partial charge in [-0.3, -0.25) is 9.69 Å². The third kappa shape index (κ3) is 2.93. The summed E-state index contributed by atoms with van der Waals surface area (Å²) in [6.45, 7) is 0.923. The van der Waals surface area contributed by atoms with Crippen LogP contribution < -0.4 is 10.1 Å². The van der Waals surface area contributed by atoms with Crippen molar-refractivity contribution in [2.24, 2.45) is 0 Å². The van der Waals surface area contributed by atoms with E-state index in [1.54, 1.807) is 19.1 Å². The monoisotopic (exact) mass is 363 g/mol. The van der Waals surface area contributed by atoms with Crippen LogP contribution >= 0.6 is 0 Å². The van der Waals surface area contributed by atoms with Gasteiger partial charge in [-0.15, -0.1) is 0 Å². The molecule has 2 heterocycles. The van der Waals surface area contributed by atoms with Crippen molar-refractivity contribution in [3.63, 3.8) is 0 Å². The first-order chi connectivity index (χ1) is 13.1. The number of para-hydroxylation sites is 1. The summed E-state index contributed by atoms with van der Waals surface area (Å²) in [5.74, 6) is 0.588. The van der Waals surface area contributed by atoms with Gasteiger partial charge in [0.05, 0.1) is 31.0 Å². The highest BCUT2D eigenvalue weighted by molar-refractivity contribution is 6.01. The van der Waals surface area contributed by atoms with Gasteiger partial charge >= 0.3 is 6.03 Å². The van der Waals surface area contributed by atoms with Crippen molar-refractivity contribution in [1.29, 1.82) is 0 Å². The smallest absolute Gasteiger partial charge is 0.322 e. The van der Waals surface area contributed by atoms with E-state index in [0.717, 1.165) is 16.8 Å². The van der Waals surface area contributed by atoms with E-state index >= 15 is 0 Å². The van der Waals surface area contributed by atoms with Crippen LogP contribution in [0.25, 0.3) is 0 Å². The van der Waals surface area contributed by atoms with Crippen LogP contribution in [0.4, 0.5) is 4.79 Å². The second-order valence-corrected chi connectivity index (χ2v) is 6.69. The van der Waals surface area contributed by atoms with E-state index < -0.39 is 6.04 Å². The normalized spacial score (nSPS) is 19.3. The molecule has 138 valence electrons. The molecule has 2 aliphatic rings. The highest BCUT2D eigenvalue weighted by Gasteiger charge is 2.43. The van der Waals surface area contributed by atoms with Crippen LogP contribution in [0.5, 0.6) is 5.75 Å². The van der Waals surface area contributed by atoms with Crippen LogP contribution in [0.2, 0.25) is 0 Å². The molecule has 0 aromatic heterocycles. The van der Waals surface area contributed by atoms with Crippen molar-refractivity contribution in [3.05, 3.63) is 77.0 Å². The molecule has 2 aliphatic heterocycles. The Bertz CT molecular complexity index is 923. The molecule has 2 aromatic rings. The van der Waals surface area contributed by atoms with E-state index in [1.807, 2.05) is 54.6 Å². The summed E-state index contributed by atoms with van der Waals surface area (Å²) in [5, 5.41) is 2.95. The first-order valence-electron chi connectivity index (χ1n) is 8.83. The van der Waals surface area contributed by atoms with E-state index in [0.29, 0.717) is 24.4 Å². The summed E-state index contributed by atoms with van der Waals surface area (Å²) in [5.41, 5.74) is 3.19. The molecule has 6 nitrogen and oxygen atoms in total. The molecule has 0 saturated carbocycles. The van der Waals surface area contributed by atoms with Crippen molar-refractivity contribution in [1.82, 2.24) is 15.1 Å². The van der Waals surface area contributed by atoms with E-state index in [1.165, 1.54) is 4.90 Å². The van der Waals surface area contributed by atoms with E-state index in [9.17, 15) is 9.59 Å². The predicted octanol–water partition coefficient (Wildman–Crippen LogP) is 2.69. The number of benzene rings is 2. The van der Waals surface area contributed by atoms with Crippen LogP contribution in [0.3, 0.4) is 0 Å². The first-order valence-corrected chi connectivity index (χ1v) is 8.83. The Labute approximate surface area is 158 Å². The summed E-state index contributed by atoms with van der Waals surface area (Å²) < 4.78 is 5.45. The Hall–Kier alpha value is -3.28. The van der Waals surface area contributed by atoms with Gasteiger partial charge in [-0.2, -0.15) is 0 Å². The number of methoxy groups -OCH3 is 1. The molecular weight excluding hydrogens is 342 g/mol. The van der Waals surface area contributed by atoms with Crippen molar-refractivity contribution in [2.75, 3.05) is 20.7 Å². The van der Waals surface area contributed by atoms with E-state index in [2.05, 4.69) is 5.32 Å². The maximum Gasteiger partial charge on any atom is 0.322 e. The zero-order valence-corrected chi connectivity index (χ0v) is 15.3. The minimum atomic E-state index is -0.520. The van der Waals surface area contributed by atoms with Crippen LogP contribution in [0.15, 0.2) is 65.9 Å². The molecule has 0 unspecified atom stereocenters. The summed E-state index contributed by atoms with van der Waals surface area (Å²) in [7, 11) is 3.28. The van der Waals surface area contributed by atoms with Crippen molar-refractivity contribution >= 4 is 11.9 Å². The van der Waals surface area contributed by atoms with Crippen LogP contribution in [-0.4, -0.2) is 42.4 Å². The van der Waals surface area contributed by atoms with Crippen molar-refractivity contribution < 1.29 is 14.3 Å². The largest absolute Gasteiger partial charge is 0.496 e. The molecule has 0 aliphatic carbocycles. The molecule has 27 heavy (non-hydrogen) atoms. The molecule has 4 rings (SSSR count). The summed E-state index contributed by atoms with van der Waals surface area (Å²) >= 11 is 0. The maximum atomic E-state index is 13.2. The molecule has 0 saturated heterocycles. The molecule has 0 radical (unpaired) electrons. The van der Waals surface area contributed by atoms with Gasteiger partial charge in [-0.1, -0.05) is 48.5 Å². The number of rotatable bonds is 4. The number of likely N-dealkylation sites (N-methyl/N-ethyl adjacent to an activating group) is 1. The summed E-state index contributed by atoms with van der Waals surface area (Å²) in [4.78, 5) is 29.0. The van der Waals surface area contributed by atoms with Crippen LogP contribution in [0, 0.1) is 0 Å². The fraction of sp³-hybridized carbons (Fsp3) is 0.238. The molecule has 0 spiro atoms. The van der Waals surface area contributed by atoms with Crippen molar-refractivity contribution in [2.45, 2.75) is 12.6 Å². The van der Waals surface area contributed by atoms with Gasteiger partial charge in [-0.05, 0) is 11.6 Å². The van der Waals surface area contributed by atoms with Gasteiger partial charge in [0.1, 0.15) is 5.75 Å². The van der Waals surface area contributed by atoms with Crippen LogP contribution in [0.1, 0.15) is 17.2 Å². The van der Waals surface area contributed by atoms with Gasteiger partial charge in [-0.25, -0.2) is 4.79 Å². The molecule has 3 amide bonds. The molecule has 6 heteroatoms. The Kier molecular flexibility index (Phi) is 4.32. The standard InChI is InChI=1S/C21H21N3O3/c1-23-16-13-24(12-14-8-4-3-5-9-14)20(25)18(16)19(22-21(23)26)15-10-6-7-11-17(15)27-2/h3-11,19H,12-13H2,1-2H3,(H,22,26)/t19-/m0/s1. The highest BCUT2D eigenvalue weighted by Crippen LogP contribution is 2.39. The number of carbonyl (C=O) groups is 2. The van der Waals surface area contributed by atoms with Gasteiger partial charge in [0.2, 0.25) is 0 Å². The van der Waals surface area contributed by atoms with Gasteiger partial charge < -0.3 is 15.0 Å². The zero-order chi connectivity index (χ0) is 19.0. The molecule has 1 atom stereocenters. The minimum Gasteiger partial charge on any atom is -0.496 e. The number of carbonyl (C=O) groups excluding carboxylic acids is 2. The molecule has 0 bridgehead atoms. The second kappa shape index (κ2) is 6.79. The Balaban J connectivity index is 1.71. The fourth-order valence-corrected chi connectivity index (χ4v) is 3.69. The van der Waals surface area contributed by atoms with Crippen molar-refractivity contribution in [3.8, 4) is 5.75 Å². The summed E-state index contributed by atoms with van der Waals surface area (Å²) in [6.07, 6.45) is 0. The van der Waals surface area contributed by atoms with Gasteiger partial charge in [0.25, 0.3) is 5.91 Å². The molecule has 2 aromatic carbocycles. The lowest BCUT2D eigenvalue weighted by molar-refractivity contribution is -0.126. The average molecular weight is 363 g/mol.